The smallest absolute Gasteiger partial charge is 0.134 e. The van der Waals surface area contributed by atoms with Crippen molar-refractivity contribution < 1.29 is 0 Å². The molecule has 0 amide bonds. The number of rotatable bonds is 3. The molecule has 0 atom stereocenters. The van der Waals surface area contributed by atoms with Crippen LogP contribution in [0.3, 0.4) is 0 Å². The molecule has 21 heavy (non-hydrogen) atoms. The number of nitrogens with zero attached hydrogens (tertiary/aromatic N) is 2. The molecule has 0 aliphatic carbocycles. The molecule has 0 aliphatic rings. The first-order valence-corrected chi connectivity index (χ1v) is 8.68. The highest BCUT2D eigenvalue weighted by Crippen LogP contribution is 2.28. The topological polar surface area (TPSA) is 36.7 Å². The number of hydrogen-bond donors (Lipinski definition) is 0. The van der Waals surface area contributed by atoms with Crippen molar-refractivity contribution in [1.82, 2.24) is 4.98 Å². The number of halogens is 1. The van der Waals surface area contributed by atoms with E-state index in [1.165, 1.54) is 11.3 Å². The molecule has 0 saturated heterocycles. The SMILES string of the molecule is N#C/C(=C\c1csc(Br)c1)c1nc(-c2ccccc2)cs1. The van der Waals surface area contributed by atoms with Crippen LogP contribution in [0, 0.1) is 11.3 Å². The molecular formula is C16H9BrN2S2. The molecule has 0 unspecified atom stereocenters. The van der Waals surface area contributed by atoms with Gasteiger partial charge in [0.15, 0.2) is 0 Å². The van der Waals surface area contributed by atoms with Crippen molar-refractivity contribution in [2.45, 2.75) is 0 Å². The summed E-state index contributed by atoms with van der Waals surface area (Å²) >= 11 is 6.52. The number of thiophene rings is 1. The number of thiazole rings is 1. The molecule has 0 spiro atoms. The lowest BCUT2D eigenvalue weighted by molar-refractivity contribution is 1.37. The van der Waals surface area contributed by atoms with Crippen molar-refractivity contribution in [2.24, 2.45) is 0 Å². The van der Waals surface area contributed by atoms with Gasteiger partial charge >= 0.3 is 0 Å². The normalized spacial score (nSPS) is 11.3. The van der Waals surface area contributed by atoms with Crippen molar-refractivity contribution in [3.05, 3.63) is 61.5 Å². The molecule has 3 aromatic rings. The summed E-state index contributed by atoms with van der Waals surface area (Å²) in [5.74, 6) is 0. The van der Waals surface area contributed by atoms with Gasteiger partial charge in [0.05, 0.1) is 15.1 Å². The first-order chi connectivity index (χ1) is 10.3. The minimum atomic E-state index is 0.590. The van der Waals surface area contributed by atoms with Crippen LogP contribution in [-0.2, 0) is 0 Å². The van der Waals surface area contributed by atoms with Crippen LogP contribution in [0.15, 0.2) is 50.9 Å². The summed E-state index contributed by atoms with van der Waals surface area (Å²) < 4.78 is 1.05. The van der Waals surface area contributed by atoms with E-state index < -0.39 is 0 Å². The van der Waals surface area contributed by atoms with Crippen LogP contribution in [0.2, 0.25) is 0 Å². The van der Waals surface area contributed by atoms with Crippen LogP contribution in [0.25, 0.3) is 22.9 Å². The minimum absolute atomic E-state index is 0.590. The summed E-state index contributed by atoms with van der Waals surface area (Å²) in [6.07, 6.45) is 1.87. The summed E-state index contributed by atoms with van der Waals surface area (Å²) in [4.78, 5) is 4.57. The van der Waals surface area contributed by atoms with Gasteiger partial charge in [0.25, 0.3) is 0 Å². The van der Waals surface area contributed by atoms with Gasteiger partial charge in [-0.2, -0.15) is 5.26 Å². The van der Waals surface area contributed by atoms with Crippen molar-refractivity contribution in [1.29, 1.82) is 5.26 Å². The van der Waals surface area contributed by atoms with Gasteiger partial charge in [-0.1, -0.05) is 30.3 Å². The average Bonchev–Trinajstić information content (AvgIpc) is 3.15. The monoisotopic (exact) mass is 372 g/mol. The third-order valence-electron chi connectivity index (χ3n) is 2.82. The zero-order chi connectivity index (χ0) is 14.7. The largest absolute Gasteiger partial charge is 0.235 e. The van der Waals surface area contributed by atoms with E-state index in [1.54, 1.807) is 11.3 Å². The van der Waals surface area contributed by atoms with E-state index in [2.05, 4.69) is 27.0 Å². The maximum Gasteiger partial charge on any atom is 0.134 e. The third-order valence-corrected chi connectivity index (χ3v) is 5.22. The molecule has 102 valence electrons. The van der Waals surface area contributed by atoms with E-state index in [1.807, 2.05) is 53.2 Å². The Kier molecular flexibility index (Phi) is 4.30. The molecule has 0 bridgehead atoms. The Labute approximate surface area is 139 Å². The van der Waals surface area contributed by atoms with Crippen LogP contribution in [-0.4, -0.2) is 4.98 Å². The molecule has 5 heteroatoms. The fourth-order valence-corrected chi connectivity index (χ4v) is 3.77. The van der Waals surface area contributed by atoms with Crippen molar-refractivity contribution in [2.75, 3.05) is 0 Å². The Hall–Kier alpha value is -1.74. The highest BCUT2D eigenvalue weighted by Gasteiger charge is 2.09. The maximum atomic E-state index is 9.37. The van der Waals surface area contributed by atoms with Crippen molar-refractivity contribution in [3.63, 3.8) is 0 Å². The van der Waals surface area contributed by atoms with Gasteiger partial charge in [0.2, 0.25) is 0 Å². The second-order valence-electron chi connectivity index (χ2n) is 4.26. The molecule has 0 fully saturated rings. The number of nitriles is 1. The fraction of sp³-hybridized carbons (Fsp3) is 0. The Morgan fingerprint density at radius 2 is 2.00 bits per heavy atom. The van der Waals surface area contributed by atoms with Gasteiger partial charge in [0, 0.05) is 10.9 Å². The first kappa shape index (κ1) is 14.2. The summed E-state index contributed by atoms with van der Waals surface area (Å²) in [7, 11) is 0. The molecular weight excluding hydrogens is 364 g/mol. The quantitative estimate of drug-likeness (QED) is 0.553. The minimum Gasteiger partial charge on any atom is -0.235 e. The number of allylic oxidation sites excluding steroid dienone is 1. The first-order valence-electron chi connectivity index (χ1n) is 6.13. The van der Waals surface area contributed by atoms with Crippen molar-refractivity contribution >= 4 is 50.3 Å². The number of benzene rings is 1. The predicted molar refractivity (Wildman–Crippen MR) is 93.1 cm³/mol. The highest BCUT2D eigenvalue weighted by molar-refractivity contribution is 9.11. The second-order valence-corrected chi connectivity index (χ2v) is 7.41. The Bertz CT molecular complexity index is 825. The van der Waals surface area contributed by atoms with E-state index in [4.69, 9.17) is 0 Å². The number of aromatic nitrogens is 1. The zero-order valence-corrected chi connectivity index (χ0v) is 14.0. The van der Waals surface area contributed by atoms with Gasteiger partial charge in [-0.3, -0.25) is 0 Å². The summed E-state index contributed by atoms with van der Waals surface area (Å²) in [5.41, 5.74) is 3.58. The Balaban J connectivity index is 1.95. The lowest BCUT2D eigenvalue weighted by Gasteiger charge is -1.95. The summed E-state index contributed by atoms with van der Waals surface area (Å²) in [5, 5.41) is 14.1. The second kappa shape index (κ2) is 6.35. The van der Waals surface area contributed by atoms with E-state index in [-0.39, 0.29) is 0 Å². The van der Waals surface area contributed by atoms with E-state index >= 15 is 0 Å². The average molecular weight is 373 g/mol. The number of hydrogen-bond acceptors (Lipinski definition) is 4. The molecule has 2 heterocycles. The van der Waals surface area contributed by atoms with Gasteiger partial charge in [0.1, 0.15) is 11.1 Å². The van der Waals surface area contributed by atoms with E-state index in [0.29, 0.717) is 5.57 Å². The summed E-state index contributed by atoms with van der Waals surface area (Å²) in [6.45, 7) is 0. The van der Waals surface area contributed by atoms with Crippen LogP contribution in [0.1, 0.15) is 10.6 Å². The molecule has 0 saturated carbocycles. The summed E-state index contributed by atoms with van der Waals surface area (Å²) in [6, 6.07) is 14.2. The molecule has 1 aromatic carbocycles. The van der Waals surface area contributed by atoms with Gasteiger partial charge < -0.3 is 0 Å². The molecule has 2 nitrogen and oxygen atoms in total. The zero-order valence-electron chi connectivity index (χ0n) is 10.8. The lowest BCUT2D eigenvalue weighted by atomic mass is 10.2. The van der Waals surface area contributed by atoms with Gasteiger partial charge in [-0.15, -0.1) is 22.7 Å². The standard InChI is InChI=1S/C16H9BrN2S2/c17-15-7-11(9-20-15)6-13(8-18)16-19-14(10-21-16)12-4-2-1-3-5-12/h1-7,9-10H/b13-6+. The van der Waals surface area contributed by atoms with Crippen LogP contribution in [0.4, 0.5) is 0 Å². The van der Waals surface area contributed by atoms with Gasteiger partial charge in [-0.25, -0.2) is 4.98 Å². The lowest BCUT2D eigenvalue weighted by Crippen LogP contribution is -1.82. The van der Waals surface area contributed by atoms with Crippen molar-refractivity contribution in [3.8, 4) is 17.3 Å². The van der Waals surface area contributed by atoms with Crippen LogP contribution >= 0.6 is 38.6 Å². The van der Waals surface area contributed by atoms with E-state index in [0.717, 1.165) is 25.6 Å². The van der Waals surface area contributed by atoms with E-state index in [9.17, 15) is 5.26 Å². The highest BCUT2D eigenvalue weighted by atomic mass is 79.9. The molecule has 0 N–H and O–H groups in total. The van der Waals surface area contributed by atoms with Crippen LogP contribution in [0.5, 0.6) is 0 Å². The maximum absolute atomic E-state index is 9.37. The third kappa shape index (κ3) is 3.30. The molecule has 3 rings (SSSR count). The Morgan fingerprint density at radius 3 is 2.67 bits per heavy atom. The van der Waals surface area contributed by atoms with Gasteiger partial charge in [-0.05, 0) is 39.0 Å². The predicted octanol–water partition coefficient (Wildman–Crippen LogP) is 5.70. The molecule has 0 aliphatic heterocycles. The fourth-order valence-electron chi connectivity index (χ4n) is 1.85. The van der Waals surface area contributed by atoms with Crippen LogP contribution < -0.4 is 0 Å². The molecule has 2 aromatic heterocycles. The molecule has 0 radical (unpaired) electrons. The Morgan fingerprint density at radius 1 is 1.19 bits per heavy atom.